The molecule has 0 saturated heterocycles. The minimum atomic E-state index is -3.56. The fourth-order valence-corrected chi connectivity index (χ4v) is 5.53. The van der Waals surface area contributed by atoms with Crippen LogP contribution in [0.15, 0.2) is 29.2 Å². The molecule has 0 aliphatic carbocycles. The summed E-state index contributed by atoms with van der Waals surface area (Å²) in [7, 11) is 0.915. The Hall–Kier alpha value is -2.27. The van der Waals surface area contributed by atoms with Crippen LogP contribution in [0.3, 0.4) is 0 Å². The zero-order valence-corrected chi connectivity index (χ0v) is 19.1. The number of nitrogens with one attached hydrogen (secondary N) is 2. The summed E-state index contributed by atoms with van der Waals surface area (Å²) in [6.45, 7) is 4.66. The monoisotopic (exact) mass is 450 g/mol. The Morgan fingerprint density at radius 3 is 2.40 bits per heavy atom. The Kier molecular flexibility index (Phi) is 6.61. The molecule has 2 N–H and O–H groups in total. The Labute approximate surface area is 180 Å². The highest BCUT2D eigenvalue weighted by molar-refractivity contribution is 7.89. The van der Waals surface area contributed by atoms with Crippen LogP contribution < -0.4 is 10.6 Å². The molecule has 2 aromatic rings. The van der Waals surface area contributed by atoms with Crippen molar-refractivity contribution in [1.82, 2.24) is 14.5 Å². The standard InChI is InChI=1S/C20H26N4O4S2/c1-5-24-11-10-15-16(12-24)29-20(17(15)19(26)21-2)22-18(25)13-6-8-14(9-7-13)30(27,28)23(3)4/h6-9H,5,10-12H2,1-4H3,(H,21,26)(H,22,25). The Morgan fingerprint density at radius 1 is 1.17 bits per heavy atom. The highest BCUT2D eigenvalue weighted by Gasteiger charge is 2.28. The second-order valence-electron chi connectivity index (χ2n) is 7.17. The topological polar surface area (TPSA) is 98.8 Å². The summed E-state index contributed by atoms with van der Waals surface area (Å²) in [6, 6.07) is 5.75. The lowest BCUT2D eigenvalue weighted by Crippen LogP contribution is -2.30. The average molecular weight is 451 g/mol. The molecule has 0 spiro atoms. The number of nitrogens with zero attached hydrogens (tertiary/aromatic N) is 2. The molecule has 0 saturated carbocycles. The fraction of sp³-hybridized carbons (Fsp3) is 0.400. The second kappa shape index (κ2) is 8.84. The number of anilines is 1. The quantitative estimate of drug-likeness (QED) is 0.701. The van der Waals surface area contributed by atoms with Crippen LogP contribution in [0, 0.1) is 0 Å². The molecule has 162 valence electrons. The maximum Gasteiger partial charge on any atom is 0.256 e. The van der Waals surface area contributed by atoms with Gasteiger partial charge in [0.2, 0.25) is 10.0 Å². The van der Waals surface area contributed by atoms with E-state index in [1.54, 1.807) is 7.05 Å². The first kappa shape index (κ1) is 22.4. The van der Waals surface area contributed by atoms with E-state index in [0.717, 1.165) is 40.8 Å². The first-order chi connectivity index (χ1) is 14.2. The molecule has 0 fully saturated rings. The summed E-state index contributed by atoms with van der Waals surface area (Å²) < 4.78 is 25.5. The van der Waals surface area contributed by atoms with Gasteiger partial charge in [-0.2, -0.15) is 0 Å². The van der Waals surface area contributed by atoms with E-state index >= 15 is 0 Å². The number of benzene rings is 1. The van der Waals surface area contributed by atoms with Crippen molar-refractivity contribution < 1.29 is 18.0 Å². The van der Waals surface area contributed by atoms with E-state index in [1.165, 1.54) is 49.7 Å². The predicted molar refractivity (Wildman–Crippen MR) is 118 cm³/mol. The zero-order chi connectivity index (χ0) is 22.1. The number of rotatable bonds is 6. The summed E-state index contributed by atoms with van der Waals surface area (Å²) >= 11 is 1.42. The number of hydrogen-bond donors (Lipinski definition) is 2. The molecular formula is C20H26N4O4S2. The SMILES string of the molecule is CCN1CCc2c(sc(NC(=O)c3ccc(S(=O)(=O)N(C)C)cc3)c2C(=O)NC)C1. The smallest absolute Gasteiger partial charge is 0.256 e. The van der Waals surface area contributed by atoms with Gasteiger partial charge in [0.05, 0.1) is 10.5 Å². The maximum absolute atomic E-state index is 12.8. The minimum Gasteiger partial charge on any atom is -0.355 e. The van der Waals surface area contributed by atoms with Gasteiger partial charge in [0, 0.05) is 44.7 Å². The second-order valence-corrected chi connectivity index (χ2v) is 10.4. The molecule has 1 aliphatic heterocycles. The lowest BCUT2D eigenvalue weighted by atomic mass is 10.0. The minimum absolute atomic E-state index is 0.112. The van der Waals surface area contributed by atoms with Gasteiger partial charge in [0.25, 0.3) is 11.8 Å². The first-order valence-electron chi connectivity index (χ1n) is 9.62. The van der Waals surface area contributed by atoms with Crippen LogP contribution in [0.25, 0.3) is 0 Å². The highest BCUT2D eigenvalue weighted by atomic mass is 32.2. The predicted octanol–water partition coefficient (Wildman–Crippen LogP) is 1.99. The van der Waals surface area contributed by atoms with Gasteiger partial charge in [-0.05, 0) is 42.8 Å². The van der Waals surface area contributed by atoms with E-state index in [1.807, 2.05) is 0 Å². The van der Waals surface area contributed by atoms with Gasteiger partial charge >= 0.3 is 0 Å². The normalized spacial score (nSPS) is 14.4. The average Bonchev–Trinajstić information content (AvgIpc) is 3.09. The van der Waals surface area contributed by atoms with Crippen molar-refractivity contribution in [3.05, 3.63) is 45.8 Å². The summed E-state index contributed by atoms with van der Waals surface area (Å²) in [5.74, 6) is -0.611. The Bertz CT molecular complexity index is 1060. The van der Waals surface area contributed by atoms with Gasteiger partial charge in [-0.15, -0.1) is 11.3 Å². The highest BCUT2D eigenvalue weighted by Crippen LogP contribution is 2.37. The van der Waals surface area contributed by atoms with E-state index in [4.69, 9.17) is 0 Å². The number of likely N-dealkylation sites (N-methyl/N-ethyl adjacent to an activating group) is 1. The van der Waals surface area contributed by atoms with Crippen LogP contribution in [-0.4, -0.2) is 63.7 Å². The van der Waals surface area contributed by atoms with E-state index < -0.39 is 10.0 Å². The molecule has 1 aliphatic rings. The number of sulfonamides is 1. The number of hydrogen-bond acceptors (Lipinski definition) is 6. The summed E-state index contributed by atoms with van der Waals surface area (Å²) in [4.78, 5) is 28.8. The van der Waals surface area contributed by atoms with Crippen molar-refractivity contribution in [2.45, 2.75) is 24.8 Å². The molecule has 0 unspecified atom stereocenters. The third kappa shape index (κ3) is 4.27. The van der Waals surface area contributed by atoms with Gasteiger partial charge < -0.3 is 10.6 Å². The van der Waals surface area contributed by atoms with Gasteiger partial charge in [-0.1, -0.05) is 6.92 Å². The van der Waals surface area contributed by atoms with Crippen molar-refractivity contribution in [2.75, 3.05) is 39.5 Å². The lowest BCUT2D eigenvalue weighted by molar-refractivity contribution is 0.0962. The number of carbonyl (C=O) groups is 2. The molecule has 2 heterocycles. The molecule has 30 heavy (non-hydrogen) atoms. The van der Waals surface area contributed by atoms with Crippen molar-refractivity contribution in [1.29, 1.82) is 0 Å². The van der Waals surface area contributed by atoms with Crippen molar-refractivity contribution in [3.63, 3.8) is 0 Å². The third-order valence-electron chi connectivity index (χ3n) is 5.16. The molecule has 2 amide bonds. The van der Waals surface area contributed by atoms with E-state index in [2.05, 4.69) is 22.5 Å². The molecular weight excluding hydrogens is 424 g/mol. The maximum atomic E-state index is 12.8. The van der Waals surface area contributed by atoms with Gasteiger partial charge in [-0.25, -0.2) is 12.7 Å². The number of fused-ring (bicyclic) bond motifs is 1. The molecule has 3 rings (SSSR count). The van der Waals surface area contributed by atoms with Crippen LogP contribution in [-0.2, 0) is 23.0 Å². The Balaban J connectivity index is 1.88. The van der Waals surface area contributed by atoms with Crippen molar-refractivity contribution >= 4 is 38.2 Å². The van der Waals surface area contributed by atoms with Crippen LogP contribution >= 0.6 is 11.3 Å². The molecule has 0 bridgehead atoms. The Morgan fingerprint density at radius 2 is 1.83 bits per heavy atom. The van der Waals surface area contributed by atoms with Crippen LogP contribution in [0.2, 0.25) is 0 Å². The summed E-state index contributed by atoms with van der Waals surface area (Å²) in [5.41, 5.74) is 1.83. The summed E-state index contributed by atoms with van der Waals surface area (Å²) in [6.07, 6.45) is 0.759. The van der Waals surface area contributed by atoms with E-state index in [-0.39, 0.29) is 16.7 Å². The molecule has 8 nitrogen and oxygen atoms in total. The fourth-order valence-electron chi connectivity index (χ4n) is 3.34. The van der Waals surface area contributed by atoms with Crippen LogP contribution in [0.4, 0.5) is 5.00 Å². The molecule has 10 heteroatoms. The number of amides is 2. The number of carbonyl (C=O) groups excluding carboxylic acids is 2. The van der Waals surface area contributed by atoms with Crippen LogP contribution in [0.1, 0.15) is 38.1 Å². The van der Waals surface area contributed by atoms with Gasteiger partial charge in [-0.3, -0.25) is 14.5 Å². The first-order valence-corrected chi connectivity index (χ1v) is 11.9. The van der Waals surface area contributed by atoms with Gasteiger partial charge in [0.15, 0.2) is 0 Å². The van der Waals surface area contributed by atoms with Crippen LogP contribution in [0.5, 0.6) is 0 Å². The van der Waals surface area contributed by atoms with E-state index in [9.17, 15) is 18.0 Å². The molecule has 1 aromatic carbocycles. The molecule has 0 radical (unpaired) electrons. The zero-order valence-electron chi connectivity index (χ0n) is 17.5. The van der Waals surface area contributed by atoms with Crippen molar-refractivity contribution in [3.8, 4) is 0 Å². The van der Waals surface area contributed by atoms with Gasteiger partial charge in [0.1, 0.15) is 5.00 Å². The lowest BCUT2D eigenvalue weighted by Gasteiger charge is -2.25. The van der Waals surface area contributed by atoms with E-state index in [0.29, 0.717) is 16.1 Å². The molecule has 1 aromatic heterocycles. The van der Waals surface area contributed by atoms with Crippen molar-refractivity contribution in [2.24, 2.45) is 0 Å². The summed E-state index contributed by atoms with van der Waals surface area (Å²) in [5, 5.41) is 6.04. The number of thiophene rings is 1. The third-order valence-corrected chi connectivity index (χ3v) is 8.12. The molecule has 0 atom stereocenters. The largest absolute Gasteiger partial charge is 0.355 e.